The lowest BCUT2D eigenvalue weighted by atomic mass is 9.98. The van der Waals surface area contributed by atoms with E-state index in [4.69, 9.17) is 9.26 Å². The van der Waals surface area contributed by atoms with Crippen LogP contribution in [0.15, 0.2) is 22.7 Å². The summed E-state index contributed by atoms with van der Waals surface area (Å²) in [4.78, 5) is 4.30. The van der Waals surface area contributed by atoms with E-state index in [1.165, 1.54) is 11.1 Å². The highest BCUT2D eigenvalue weighted by Crippen LogP contribution is 2.23. The average Bonchev–Trinajstić information content (AvgIpc) is 2.87. The molecule has 0 spiro atoms. The van der Waals surface area contributed by atoms with Gasteiger partial charge in [0.05, 0.1) is 0 Å². The maximum atomic E-state index is 5.23. The van der Waals surface area contributed by atoms with Gasteiger partial charge in [0.2, 0.25) is 0 Å². The van der Waals surface area contributed by atoms with Crippen LogP contribution in [0.4, 0.5) is 0 Å². The number of benzene rings is 1. The Morgan fingerprint density at radius 3 is 3.22 bits per heavy atom. The Bertz CT molecular complexity index is 551. The Hall–Kier alpha value is -1.72. The van der Waals surface area contributed by atoms with Gasteiger partial charge in [-0.1, -0.05) is 11.2 Å². The molecule has 0 amide bonds. The summed E-state index contributed by atoms with van der Waals surface area (Å²) in [5, 5.41) is 7.23. The summed E-state index contributed by atoms with van der Waals surface area (Å²) in [6.45, 7) is 2.32. The van der Waals surface area contributed by atoms with Crippen molar-refractivity contribution in [2.24, 2.45) is 0 Å². The van der Waals surface area contributed by atoms with Crippen molar-refractivity contribution in [2.75, 3.05) is 13.7 Å². The van der Waals surface area contributed by atoms with Gasteiger partial charge in [-0.05, 0) is 36.2 Å². The molecule has 1 aliphatic heterocycles. The monoisotopic (exact) mass is 245 g/mol. The fraction of sp³-hybridized carbons (Fsp3) is 0.385. The number of nitrogens with zero attached hydrogens (tertiary/aromatic N) is 2. The van der Waals surface area contributed by atoms with Crippen LogP contribution in [0.3, 0.4) is 0 Å². The molecule has 0 aliphatic carbocycles. The highest BCUT2D eigenvalue weighted by Gasteiger charge is 2.13. The van der Waals surface area contributed by atoms with E-state index in [0.717, 1.165) is 25.1 Å². The molecule has 2 heterocycles. The molecule has 1 aliphatic rings. The van der Waals surface area contributed by atoms with E-state index >= 15 is 0 Å². The summed E-state index contributed by atoms with van der Waals surface area (Å²) in [5.74, 6) is 1.12. The molecule has 0 saturated heterocycles. The molecular formula is C13H15N3O2. The lowest BCUT2D eigenvalue weighted by molar-refractivity contribution is 0.174. The van der Waals surface area contributed by atoms with Crippen molar-refractivity contribution < 1.29 is 9.26 Å². The van der Waals surface area contributed by atoms with Crippen LogP contribution in [0.2, 0.25) is 0 Å². The molecule has 0 unspecified atom stereocenters. The fourth-order valence-electron chi connectivity index (χ4n) is 2.17. The molecule has 1 N–H and O–H groups in total. The summed E-state index contributed by atoms with van der Waals surface area (Å²) in [7, 11) is 1.61. The second-order valence-electron chi connectivity index (χ2n) is 4.36. The minimum atomic E-state index is 0.371. The summed E-state index contributed by atoms with van der Waals surface area (Å²) in [6.07, 6.45) is 1.08. The van der Waals surface area contributed by atoms with Gasteiger partial charge in [-0.2, -0.15) is 4.98 Å². The van der Waals surface area contributed by atoms with Gasteiger partial charge in [0.1, 0.15) is 6.61 Å². The second-order valence-corrected chi connectivity index (χ2v) is 4.36. The average molecular weight is 245 g/mol. The zero-order chi connectivity index (χ0) is 12.4. The SMILES string of the molecule is COCc1noc(-c2ccc3c(c2)CNCC3)n1. The van der Waals surface area contributed by atoms with Crippen molar-refractivity contribution in [3.63, 3.8) is 0 Å². The lowest BCUT2D eigenvalue weighted by Crippen LogP contribution is -2.23. The van der Waals surface area contributed by atoms with E-state index < -0.39 is 0 Å². The van der Waals surface area contributed by atoms with E-state index in [-0.39, 0.29) is 0 Å². The standard InChI is InChI=1S/C13H15N3O2/c1-17-8-12-15-13(18-16-12)10-3-2-9-4-5-14-7-11(9)6-10/h2-3,6,14H,4-5,7-8H2,1H3. The summed E-state index contributed by atoms with van der Waals surface area (Å²) < 4.78 is 10.2. The molecule has 94 valence electrons. The molecule has 0 radical (unpaired) electrons. The quantitative estimate of drug-likeness (QED) is 0.888. The van der Waals surface area contributed by atoms with E-state index in [1.807, 2.05) is 6.07 Å². The van der Waals surface area contributed by atoms with Crippen molar-refractivity contribution in [3.05, 3.63) is 35.2 Å². The molecule has 5 nitrogen and oxygen atoms in total. The van der Waals surface area contributed by atoms with E-state index in [0.29, 0.717) is 18.3 Å². The third-order valence-corrected chi connectivity index (χ3v) is 3.08. The first-order chi connectivity index (χ1) is 8.86. The van der Waals surface area contributed by atoms with Crippen LogP contribution < -0.4 is 5.32 Å². The molecule has 3 rings (SSSR count). The Kier molecular flexibility index (Phi) is 3.08. The van der Waals surface area contributed by atoms with Gasteiger partial charge in [-0.25, -0.2) is 0 Å². The number of nitrogens with one attached hydrogen (secondary N) is 1. The predicted molar refractivity (Wildman–Crippen MR) is 65.9 cm³/mol. The van der Waals surface area contributed by atoms with Crippen LogP contribution >= 0.6 is 0 Å². The number of hydrogen-bond donors (Lipinski definition) is 1. The zero-order valence-electron chi connectivity index (χ0n) is 10.3. The third kappa shape index (κ3) is 2.14. The van der Waals surface area contributed by atoms with Crippen molar-refractivity contribution >= 4 is 0 Å². The largest absolute Gasteiger partial charge is 0.377 e. The van der Waals surface area contributed by atoms with Crippen LogP contribution in [0.5, 0.6) is 0 Å². The number of ether oxygens (including phenoxy) is 1. The number of fused-ring (bicyclic) bond motifs is 1. The highest BCUT2D eigenvalue weighted by molar-refractivity contribution is 5.56. The Morgan fingerprint density at radius 2 is 2.33 bits per heavy atom. The maximum absolute atomic E-state index is 5.23. The fourth-order valence-corrected chi connectivity index (χ4v) is 2.17. The minimum absolute atomic E-state index is 0.371. The van der Waals surface area contributed by atoms with Gasteiger partial charge in [-0.3, -0.25) is 0 Å². The predicted octanol–water partition coefficient (Wildman–Crippen LogP) is 1.53. The van der Waals surface area contributed by atoms with Gasteiger partial charge < -0.3 is 14.6 Å². The molecule has 0 atom stereocenters. The first-order valence-electron chi connectivity index (χ1n) is 6.01. The molecule has 0 fully saturated rings. The molecule has 1 aromatic heterocycles. The third-order valence-electron chi connectivity index (χ3n) is 3.08. The van der Waals surface area contributed by atoms with Crippen LogP contribution in [0.1, 0.15) is 17.0 Å². The zero-order valence-corrected chi connectivity index (χ0v) is 10.3. The van der Waals surface area contributed by atoms with Gasteiger partial charge in [0.25, 0.3) is 5.89 Å². The molecule has 2 aromatic rings. The Morgan fingerprint density at radius 1 is 1.39 bits per heavy atom. The second kappa shape index (κ2) is 4.88. The molecule has 0 bridgehead atoms. The highest BCUT2D eigenvalue weighted by atomic mass is 16.5. The topological polar surface area (TPSA) is 60.2 Å². The molecule has 18 heavy (non-hydrogen) atoms. The van der Waals surface area contributed by atoms with Gasteiger partial charge in [-0.15, -0.1) is 0 Å². The van der Waals surface area contributed by atoms with Gasteiger partial charge >= 0.3 is 0 Å². The molecule has 0 saturated carbocycles. The number of aromatic nitrogens is 2. The molecular weight excluding hydrogens is 230 g/mol. The first-order valence-corrected chi connectivity index (χ1v) is 6.01. The normalized spacial score (nSPS) is 14.5. The maximum Gasteiger partial charge on any atom is 0.258 e. The van der Waals surface area contributed by atoms with E-state index in [1.54, 1.807) is 7.11 Å². The summed E-state index contributed by atoms with van der Waals surface area (Å²) >= 11 is 0. The van der Waals surface area contributed by atoms with Crippen molar-refractivity contribution in [1.82, 2.24) is 15.5 Å². The number of methoxy groups -OCH3 is 1. The van der Waals surface area contributed by atoms with Crippen molar-refractivity contribution in [1.29, 1.82) is 0 Å². The number of rotatable bonds is 3. The van der Waals surface area contributed by atoms with Gasteiger partial charge in [0, 0.05) is 19.2 Å². The van der Waals surface area contributed by atoms with Crippen LogP contribution in [0.25, 0.3) is 11.5 Å². The minimum Gasteiger partial charge on any atom is -0.377 e. The van der Waals surface area contributed by atoms with Gasteiger partial charge in [0.15, 0.2) is 5.82 Å². The Balaban J connectivity index is 1.91. The van der Waals surface area contributed by atoms with Crippen molar-refractivity contribution in [3.8, 4) is 11.5 Å². The smallest absolute Gasteiger partial charge is 0.258 e. The van der Waals surface area contributed by atoms with E-state index in [2.05, 4.69) is 27.6 Å². The Labute approximate surface area is 105 Å². The van der Waals surface area contributed by atoms with Crippen LogP contribution in [-0.2, 0) is 24.3 Å². The lowest BCUT2D eigenvalue weighted by Gasteiger charge is -2.16. The first kappa shape index (κ1) is 11.4. The van der Waals surface area contributed by atoms with Crippen molar-refractivity contribution in [2.45, 2.75) is 19.6 Å². The van der Waals surface area contributed by atoms with Crippen LogP contribution in [0, 0.1) is 0 Å². The number of hydrogen-bond acceptors (Lipinski definition) is 5. The molecule has 5 heteroatoms. The summed E-state index contributed by atoms with van der Waals surface area (Å²) in [6, 6.07) is 6.30. The van der Waals surface area contributed by atoms with E-state index in [9.17, 15) is 0 Å². The molecule has 1 aromatic carbocycles. The summed E-state index contributed by atoms with van der Waals surface area (Å²) in [5.41, 5.74) is 3.67. The van der Waals surface area contributed by atoms with Crippen LogP contribution in [-0.4, -0.2) is 23.8 Å².